The molecule has 128 valence electrons. The molecule has 4 rings (SSSR count). The molecule has 0 bridgehead atoms. The van der Waals surface area contributed by atoms with Gasteiger partial charge in [-0.1, -0.05) is 6.07 Å². The molecular formula is C17H23N5O2. The molecule has 2 aromatic rings. The number of anilines is 2. The predicted molar refractivity (Wildman–Crippen MR) is 91.2 cm³/mol. The van der Waals surface area contributed by atoms with E-state index in [-0.39, 0.29) is 17.4 Å². The monoisotopic (exact) mass is 329 g/mol. The second-order valence-electron chi connectivity index (χ2n) is 6.99. The summed E-state index contributed by atoms with van der Waals surface area (Å²) < 4.78 is 7.43. The minimum absolute atomic E-state index is 0.0290. The van der Waals surface area contributed by atoms with Crippen LogP contribution in [0.3, 0.4) is 0 Å². The highest BCUT2D eigenvalue weighted by Crippen LogP contribution is 2.30. The minimum atomic E-state index is -0.0455. The van der Waals surface area contributed by atoms with Crippen LogP contribution in [-0.4, -0.2) is 46.3 Å². The molecule has 24 heavy (non-hydrogen) atoms. The third kappa shape index (κ3) is 2.84. The van der Waals surface area contributed by atoms with E-state index in [0.717, 1.165) is 50.2 Å². The molecule has 0 aromatic carbocycles. The van der Waals surface area contributed by atoms with Crippen molar-refractivity contribution < 1.29 is 9.53 Å². The zero-order valence-corrected chi connectivity index (χ0v) is 14.2. The van der Waals surface area contributed by atoms with Gasteiger partial charge < -0.3 is 9.64 Å². The van der Waals surface area contributed by atoms with Gasteiger partial charge in [0.1, 0.15) is 5.82 Å². The summed E-state index contributed by atoms with van der Waals surface area (Å²) >= 11 is 0. The van der Waals surface area contributed by atoms with Crippen LogP contribution in [-0.2, 0) is 9.53 Å². The van der Waals surface area contributed by atoms with E-state index < -0.39 is 0 Å². The molecule has 1 aliphatic carbocycles. The standard InChI is InChI=1S/C17H23N5O2/c1-17(24-2)8-10-21(11-9-17)14-5-3-4-13-18-16(20-22(13)14)19-15(23)12-6-7-12/h3-5,12H,6-11H2,1-2H3,(H,19,20,23). The van der Waals surface area contributed by atoms with Crippen LogP contribution in [0.2, 0.25) is 0 Å². The minimum Gasteiger partial charge on any atom is -0.378 e. The number of methoxy groups -OCH3 is 1. The van der Waals surface area contributed by atoms with Crippen LogP contribution in [0.25, 0.3) is 5.65 Å². The fourth-order valence-corrected chi connectivity index (χ4v) is 3.15. The molecule has 0 unspecified atom stereocenters. The summed E-state index contributed by atoms with van der Waals surface area (Å²) in [4.78, 5) is 18.7. The molecule has 1 amide bonds. The van der Waals surface area contributed by atoms with Crippen molar-refractivity contribution in [1.29, 1.82) is 0 Å². The maximum Gasteiger partial charge on any atom is 0.249 e. The zero-order chi connectivity index (χ0) is 16.7. The Kier molecular flexibility index (Phi) is 3.68. The lowest BCUT2D eigenvalue weighted by atomic mass is 9.93. The number of aromatic nitrogens is 3. The van der Waals surface area contributed by atoms with Gasteiger partial charge in [0.2, 0.25) is 11.9 Å². The number of carbonyl (C=O) groups is 1. The van der Waals surface area contributed by atoms with E-state index in [1.54, 1.807) is 7.11 Å². The van der Waals surface area contributed by atoms with Crippen molar-refractivity contribution in [3.05, 3.63) is 18.2 Å². The summed E-state index contributed by atoms with van der Waals surface area (Å²) in [7, 11) is 1.78. The first-order valence-corrected chi connectivity index (χ1v) is 8.55. The molecule has 0 radical (unpaired) electrons. The fraction of sp³-hybridized carbons (Fsp3) is 0.588. The second-order valence-corrected chi connectivity index (χ2v) is 6.99. The van der Waals surface area contributed by atoms with Crippen LogP contribution in [0.4, 0.5) is 11.8 Å². The van der Waals surface area contributed by atoms with Gasteiger partial charge in [-0.25, -0.2) is 0 Å². The summed E-state index contributed by atoms with van der Waals surface area (Å²) in [6, 6.07) is 5.94. The Bertz CT molecular complexity index is 759. The lowest BCUT2D eigenvalue weighted by Crippen LogP contribution is -2.44. The van der Waals surface area contributed by atoms with Crippen molar-refractivity contribution in [2.75, 3.05) is 30.4 Å². The largest absolute Gasteiger partial charge is 0.378 e. The number of amides is 1. The van der Waals surface area contributed by atoms with Gasteiger partial charge in [0.05, 0.1) is 5.60 Å². The highest BCUT2D eigenvalue weighted by molar-refractivity contribution is 5.92. The Morgan fingerprint density at radius 1 is 1.33 bits per heavy atom. The van der Waals surface area contributed by atoms with E-state index in [1.165, 1.54) is 0 Å². The fourth-order valence-electron chi connectivity index (χ4n) is 3.15. The average Bonchev–Trinajstić information content (AvgIpc) is 3.36. The predicted octanol–water partition coefficient (Wildman–Crippen LogP) is 2.08. The zero-order valence-electron chi connectivity index (χ0n) is 14.2. The Hall–Kier alpha value is -2.15. The smallest absolute Gasteiger partial charge is 0.249 e. The van der Waals surface area contributed by atoms with Crippen LogP contribution in [0.15, 0.2) is 18.2 Å². The van der Waals surface area contributed by atoms with E-state index in [4.69, 9.17) is 4.74 Å². The van der Waals surface area contributed by atoms with Crippen molar-refractivity contribution in [2.24, 2.45) is 5.92 Å². The Balaban J connectivity index is 1.57. The maximum absolute atomic E-state index is 11.9. The van der Waals surface area contributed by atoms with Gasteiger partial charge in [0.25, 0.3) is 0 Å². The van der Waals surface area contributed by atoms with Gasteiger partial charge in [-0.3, -0.25) is 10.1 Å². The van der Waals surface area contributed by atoms with Gasteiger partial charge in [-0.05, 0) is 44.7 Å². The molecule has 1 N–H and O–H groups in total. The quantitative estimate of drug-likeness (QED) is 0.930. The molecule has 7 nitrogen and oxygen atoms in total. The number of rotatable bonds is 4. The molecule has 2 aromatic heterocycles. The first kappa shape index (κ1) is 15.4. The van der Waals surface area contributed by atoms with Crippen LogP contribution in [0, 0.1) is 5.92 Å². The molecule has 7 heteroatoms. The van der Waals surface area contributed by atoms with E-state index in [2.05, 4.69) is 27.2 Å². The van der Waals surface area contributed by atoms with Crippen molar-refractivity contribution in [3.63, 3.8) is 0 Å². The van der Waals surface area contributed by atoms with Crippen molar-refractivity contribution in [3.8, 4) is 0 Å². The second kappa shape index (κ2) is 5.73. The first-order chi connectivity index (χ1) is 11.6. The van der Waals surface area contributed by atoms with Gasteiger partial charge in [0, 0.05) is 26.1 Å². The van der Waals surface area contributed by atoms with Crippen LogP contribution < -0.4 is 10.2 Å². The number of hydrogen-bond donors (Lipinski definition) is 1. The molecule has 2 fully saturated rings. The normalized spacial score (nSPS) is 20.3. The molecule has 1 aliphatic heterocycles. The topological polar surface area (TPSA) is 71.8 Å². The summed E-state index contributed by atoms with van der Waals surface area (Å²) in [6.45, 7) is 3.98. The Morgan fingerprint density at radius 3 is 2.75 bits per heavy atom. The molecule has 3 heterocycles. The van der Waals surface area contributed by atoms with Gasteiger partial charge >= 0.3 is 0 Å². The van der Waals surface area contributed by atoms with Crippen LogP contribution in [0.5, 0.6) is 0 Å². The molecule has 0 atom stereocenters. The van der Waals surface area contributed by atoms with Gasteiger partial charge in [-0.15, -0.1) is 5.10 Å². The number of nitrogens with one attached hydrogen (secondary N) is 1. The van der Waals surface area contributed by atoms with Gasteiger partial charge in [0.15, 0.2) is 5.65 Å². The van der Waals surface area contributed by atoms with Crippen molar-refractivity contribution in [1.82, 2.24) is 14.6 Å². The number of pyridine rings is 1. The third-order valence-electron chi connectivity index (χ3n) is 5.16. The van der Waals surface area contributed by atoms with Crippen LogP contribution >= 0.6 is 0 Å². The van der Waals surface area contributed by atoms with E-state index >= 15 is 0 Å². The van der Waals surface area contributed by atoms with E-state index in [1.807, 2.05) is 22.7 Å². The lowest BCUT2D eigenvalue weighted by Gasteiger charge is -2.39. The summed E-state index contributed by atoms with van der Waals surface area (Å²) in [5, 5.41) is 7.32. The Labute approximate surface area is 141 Å². The molecule has 1 saturated heterocycles. The maximum atomic E-state index is 11.9. The molecule has 0 spiro atoms. The Morgan fingerprint density at radius 2 is 2.08 bits per heavy atom. The molecular weight excluding hydrogens is 306 g/mol. The van der Waals surface area contributed by atoms with E-state index in [9.17, 15) is 4.79 Å². The SMILES string of the molecule is COC1(C)CCN(c2cccc3nc(NC(=O)C4CC4)nn23)CC1. The summed E-state index contributed by atoms with van der Waals surface area (Å²) in [5.74, 6) is 1.56. The average molecular weight is 329 g/mol. The number of nitrogens with zero attached hydrogens (tertiary/aromatic N) is 4. The third-order valence-corrected chi connectivity index (χ3v) is 5.16. The number of fused-ring (bicyclic) bond motifs is 1. The van der Waals surface area contributed by atoms with E-state index in [0.29, 0.717) is 5.95 Å². The molecule has 1 saturated carbocycles. The number of carbonyl (C=O) groups excluding carboxylic acids is 1. The highest BCUT2D eigenvalue weighted by atomic mass is 16.5. The summed E-state index contributed by atoms with van der Waals surface area (Å²) in [6.07, 6.45) is 3.88. The summed E-state index contributed by atoms with van der Waals surface area (Å²) in [5.41, 5.74) is 0.703. The van der Waals surface area contributed by atoms with Crippen molar-refractivity contribution >= 4 is 23.3 Å². The van der Waals surface area contributed by atoms with Crippen LogP contribution in [0.1, 0.15) is 32.6 Å². The molecule has 2 aliphatic rings. The number of hydrogen-bond acceptors (Lipinski definition) is 5. The number of piperidine rings is 1. The lowest BCUT2D eigenvalue weighted by molar-refractivity contribution is -0.117. The first-order valence-electron chi connectivity index (χ1n) is 8.55. The van der Waals surface area contributed by atoms with Crippen molar-refractivity contribution in [2.45, 2.75) is 38.2 Å². The highest BCUT2D eigenvalue weighted by Gasteiger charge is 2.32. The van der Waals surface area contributed by atoms with Gasteiger partial charge in [-0.2, -0.15) is 9.50 Å². The number of ether oxygens (including phenoxy) is 1.